The lowest BCUT2D eigenvalue weighted by Gasteiger charge is -2.04. The topological polar surface area (TPSA) is 38.7 Å². The first-order chi connectivity index (χ1) is 7.38. The van der Waals surface area contributed by atoms with E-state index in [-0.39, 0.29) is 0 Å². The van der Waals surface area contributed by atoms with Gasteiger partial charge in [0.2, 0.25) is 0 Å². The van der Waals surface area contributed by atoms with Crippen molar-refractivity contribution in [1.29, 1.82) is 0 Å². The van der Waals surface area contributed by atoms with Crippen LogP contribution in [0.5, 0.6) is 11.5 Å². The molecule has 0 unspecified atom stereocenters. The highest BCUT2D eigenvalue weighted by molar-refractivity contribution is 5.42. The van der Waals surface area contributed by atoms with Gasteiger partial charge in [0.25, 0.3) is 0 Å². The summed E-state index contributed by atoms with van der Waals surface area (Å²) in [4.78, 5) is 10.2. The van der Waals surface area contributed by atoms with Crippen LogP contribution in [0, 0.1) is 4.91 Å². The Bertz CT molecular complexity index is 437. The van der Waals surface area contributed by atoms with Crippen molar-refractivity contribution in [1.82, 2.24) is 0 Å². The van der Waals surface area contributed by atoms with Crippen LogP contribution in [0.25, 0.3) is 0 Å². The highest BCUT2D eigenvalue weighted by Crippen LogP contribution is 2.23. The van der Waals surface area contributed by atoms with Crippen molar-refractivity contribution >= 4 is 5.69 Å². The molecule has 74 valence electrons. The third-order valence-corrected chi connectivity index (χ3v) is 1.92. The molecule has 3 heteroatoms. The zero-order valence-corrected chi connectivity index (χ0v) is 7.96. The number of para-hydroxylation sites is 1. The maximum atomic E-state index is 10.2. The van der Waals surface area contributed by atoms with Gasteiger partial charge in [-0.3, -0.25) is 0 Å². The first kappa shape index (κ1) is 9.40. The molecule has 2 rings (SSSR count). The highest BCUT2D eigenvalue weighted by atomic mass is 16.5. The molecule has 0 aliphatic rings. The summed E-state index contributed by atoms with van der Waals surface area (Å²) in [6.45, 7) is 0. The quantitative estimate of drug-likeness (QED) is 0.703. The fourth-order valence-electron chi connectivity index (χ4n) is 1.20. The van der Waals surface area contributed by atoms with Crippen LogP contribution < -0.4 is 4.74 Å². The van der Waals surface area contributed by atoms with Crippen LogP contribution in [0.15, 0.2) is 59.8 Å². The Morgan fingerprint density at radius 2 is 1.40 bits per heavy atom. The fraction of sp³-hybridized carbons (Fsp3) is 0. The molecule has 0 aliphatic carbocycles. The molecule has 0 saturated carbocycles. The van der Waals surface area contributed by atoms with Crippen molar-refractivity contribution in [2.24, 2.45) is 5.18 Å². The third-order valence-electron chi connectivity index (χ3n) is 1.92. The van der Waals surface area contributed by atoms with Gasteiger partial charge in [-0.15, -0.1) is 4.91 Å². The number of rotatable bonds is 3. The molecule has 0 aliphatic heterocycles. The van der Waals surface area contributed by atoms with Crippen LogP contribution in [-0.4, -0.2) is 0 Å². The summed E-state index contributed by atoms with van der Waals surface area (Å²) < 4.78 is 5.53. The molecule has 0 amide bonds. The number of nitroso groups, excluding NO2 is 1. The van der Waals surface area contributed by atoms with E-state index < -0.39 is 0 Å². The van der Waals surface area contributed by atoms with Gasteiger partial charge in [-0.25, -0.2) is 0 Å². The van der Waals surface area contributed by atoms with Gasteiger partial charge < -0.3 is 4.74 Å². The van der Waals surface area contributed by atoms with Crippen molar-refractivity contribution in [3.63, 3.8) is 0 Å². The molecule has 0 radical (unpaired) electrons. The van der Waals surface area contributed by atoms with E-state index >= 15 is 0 Å². The Morgan fingerprint density at radius 1 is 0.800 bits per heavy atom. The minimum Gasteiger partial charge on any atom is -0.457 e. The van der Waals surface area contributed by atoms with Crippen LogP contribution >= 0.6 is 0 Å². The first-order valence-electron chi connectivity index (χ1n) is 4.55. The van der Waals surface area contributed by atoms with E-state index in [1.807, 2.05) is 30.3 Å². The van der Waals surface area contributed by atoms with E-state index in [0.717, 1.165) is 5.75 Å². The monoisotopic (exact) mass is 199 g/mol. The molecule has 0 heterocycles. The van der Waals surface area contributed by atoms with E-state index in [1.165, 1.54) is 0 Å². The second kappa shape index (κ2) is 4.37. The SMILES string of the molecule is O=Nc1ccc(Oc2ccccc2)cc1. The smallest absolute Gasteiger partial charge is 0.127 e. The molecule has 0 aromatic heterocycles. The lowest BCUT2D eigenvalue weighted by Crippen LogP contribution is -1.81. The zero-order valence-electron chi connectivity index (χ0n) is 7.96. The molecule has 2 aromatic rings. The second-order valence-corrected chi connectivity index (χ2v) is 3.00. The van der Waals surface area contributed by atoms with Gasteiger partial charge in [0.05, 0.1) is 0 Å². The summed E-state index contributed by atoms with van der Waals surface area (Å²) in [5, 5.41) is 2.81. The van der Waals surface area contributed by atoms with Crippen molar-refractivity contribution in [2.45, 2.75) is 0 Å². The summed E-state index contributed by atoms with van der Waals surface area (Å²) in [6, 6.07) is 16.1. The summed E-state index contributed by atoms with van der Waals surface area (Å²) in [7, 11) is 0. The predicted molar refractivity (Wildman–Crippen MR) is 58.4 cm³/mol. The average molecular weight is 199 g/mol. The van der Waals surface area contributed by atoms with Crippen LogP contribution in [0.4, 0.5) is 5.69 Å². The number of hydrogen-bond acceptors (Lipinski definition) is 3. The molecular formula is C12H9NO2. The van der Waals surface area contributed by atoms with E-state index in [9.17, 15) is 4.91 Å². The van der Waals surface area contributed by atoms with Crippen LogP contribution in [0.3, 0.4) is 0 Å². The van der Waals surface area contributed by atoms with Gasteiger partial charge in [-0.1, -0.05) is 18.2 Å². The van der Waals surface area contributed by atoms with Gasteiger partial charge in [0, 0.05) is 0 Å². The molecule has 0 bridgehead atoms. The largest absolute Gasteiger partial charge is 0.457 e. The molecule has 0 saturated heterocycles. The molecule has 0 spiro atoms. The Morgan fingerprint density at radius 3 is 2.00 bits per heavy atom. The van der Waals surface area contributed by atoms with E-state index in [0.29, 0.717) is 11.4 Å². The van der Waals surface area contributed by atoms with Crippen molar-refractivity contribution < 1.29 is 4.74 Å². The maximum Gasteiger partial charge on any atom is 0.127 e. The Balaban J connectivity index is 2.15. The number of benzene rings is 2. The van der Waals surface area contributed by atoms with Gasteiger partial charge in [-0.2, -0.15) is 0 Å². The summed E-state index contributed by atoms with van der Waals surface area (Å²) in [5.41, 5.74) is 0.399. The molecule has 0 fully saturated rings. The van der Waals surface area contributed by atoms with Crippen molar-refractivity contribution in [3.05, 3.63) is 59.5 Å². The minimum atomic E-state index is 0.399. The third kappa shape index (κ3) is 2.40. The fourth-order valence-corrected chi connectivity index (χ4v) is 1.20. The first-order valence-corrected chi connectivity index (χ1v) is 4.55. The van der Waals surface area contributed by atoms with Gasteiger partial charge in [0.1, 0.15) is 17.2 Å². The Hall–Kier alpha value is -2.16. The van der Waals surface area contributed by atoms with Crippen LogP contribution in [-0.2, 0) is 0 Å². The maximum absolute atomic E-state index is 10.2. The highest BCUT2D eigenvalue weighted by Gasteiger charge is 1.96. The van der Waals surface area contributed by atoms with Gasteiger partial charge >= 0.3 is 0 Å². The normalized spacial score (nSPS) is 9.60. The lowest BCUT2D eigenvalue weighted by atomic mass is 10.3. The average Bonchev–Trinajstić information content (AvgIpc) is 2.31. The molecule has 0 N–H and O–H groups in total. The summed E-state index contributed by atoms with van der Waals surface area (Å²) in [6.07, 6.45) is 0. The molecular weight excluding hydrogens is 190 g/mol. The van der Waals surface area contributed by atoms with E-state index in [4.69, 9.17) is 4.74 Å². The lowest BCUT2D eigenvalue weighted by molar-refractivity contribution is 0.483. The van der Waals surface area contributed by atoms with Gasteiger partial charge in [-0.05, 0) is 41.6 Å². The van der Waals surface area contributed by atoms with Crippen molar-refractivity contribution in [2.75, 3.05) is 0 Å². The number of hydrogen-bond donors (Lipinski definition) is 0. The Labute approximate surface area is 87.3 Å². The molecule has 2 aromatic carbocycles. The predicted octanol–water partition coefficient (Wildman–Crippen LogP) is 3.88. The van der Waals surface area contributed by atoms with Crippen molar-refractivity contribution in [3.8, 4) is 11.5 Å². The van der Waals surface area contributed by atoms with E-state index in [1.54, 1.807) is 24.3 Å². The van der Waals surface area contributed by atoms with E-state index in [2.05, 4.69) is 5.18 Å². The van der Waals surface area contributed by atoms with Crippen LogP contribution in [0.1, 0.15) is 0 Å². The number of ether oxygens (including phenoxy) is 1. The molecule has 0 atom stereocenters. The standard InChI is InChI=1S/C12H9NO2/c14-13-10-6-8-12(9-7-10)15-11-4-2-1-3-5-11/h1-9H. The number of nitrogens with zero attached hydrogens (tertiary/aromatic N) is 1. The second-order valence-electron chi connectivity index (χ2n) is 3.00. The van der Waals surface area contributed by atoms with Crippen LogP contribution in [0.2, 0.25) is 0 Å². The summed E-state index contributed by atoms with van der Waals surface area (Å²) >= 11 is 0. The molecule has 3 nitrogen and oxygen atoms in total. The Kier molecular flexibility index (Phi) is 2.74. The van der Waals surface area contributed by atoms with Gasteiger partial charge in [0.15, 0.2) is 0 Å². The molecule has 15 heavy (non-hydrogen) atoms. The zero-order chi connectivity index (χ0) is 10.5. The summed E-state index contributed by atoms with van der Waals surface area (Å²) in [5.74, 6) is 1.46. The minimum absolute atomic E-state index is 0.399.